The molecule has 0 bridgehead atoms. The number of rotatable bonds is 12. The van der Waals surface area contributed by atoms with Crippen molar-refractivity contribution in [2.75, 3.05) is 36.9 Å². The summed E-state index contributed by atoms with van der Waals surface area (Å²) in [5, 5.41) is 2.81. The fourth-order valence-corrected chi connectivity index (χ4v) is 4.01. The van der Waals surface area contributed by atoms with Crippen molar-refractivity contribution in [3.63, 3.8) is 0 Å². The summed E-state index contributed by atoms with van der Waals surface area (Å²) in [4.78, 5) is 12.1. The van der Waals surface area contributed by atoms with Crippen molar-refractivity contribution in [3.8, 4) is 11.5 Å². The minimum Gasteiger partial charge on any atom is -0.492 e. The van der Waals surface area contributed by atoms with Gasteiger partial charge in [0, 0.05) is 13.0 Å². The zero-order valence-corrected chi connectivity index (χ0v) is 19.5. The Labute approximate surface area is 185 Å². The van der Waals surface area contributed by atoms with Crippen LogP contribution in [0.4, 0.5) is 5.69 Å². The molecule has 0 radical (unpaired) electrons. The first kappa shape index (κ1) is 24.5. The predicted octanol–water partition coefficient (Wildman–Crippen LogP) is 3.44. The lowest BCUT2D eigenvalue weighted by atomic mass is 10.1. The summed E-state index contributed by atoms with van der Waals surface area (Å²) in [6, 6.07) is 12.9. The van der Waals surface area contributed by atoms with E-state index < -0.39 is 10.0 Å². The minimum absolute atomic E-state index is 0.143. The third-order valence-corrected chi connectivity index (χ3v) is 5.95. The van der Waals surface area contributed by atoms with Crippen molar-refractivity contribution < 1.29 is 22.7 Å². The maximum Gasteiger partial charge on any atom is 0.232 e. The lowest BCUT2D eigenvalue weighted by molar-refractivity contribution is -0.121. The molecule has 0 atom stereocenters. The van der Waals surface area contributed by atoms with Crippen LogP contribution in [0.25, 0.3) is 0 Å². The Morgan fingerprint density at radius 3 is 2.48 bits per heavy atom. The number of nitrogens with zero attached hydrogens (tertiary/aromatic N) is 1. The second-order valence-corrected chi connectivity index (χ2v) is 9.19. The summed E-state index contributed by atoms with van der Waals surface area (Å²) >= 11 is 0. The minimum atomic E-state index is -3.51. The Morgan fingerprint density at radius 1 is 1.06 bits per heavy atom. The van der Waals surface area contributed by atoms with Crippen LogP contribution in [0.1, 0.15) is 30.9 Å². The van der Waals surface area contributed by atoms with E-state index in [2.05, 4.69) is 5.32 Å². The average molecular weight is 449 g/mol. The summed E-state index contributed by atoms with van der Waals surface area (Å²) in [5.74, 6) is 1.13. The van der Waals surface area contributed by atoms with Gasteiger partial charge in [0.05, 0.1) is 25.1 Å². The Balaban J connectivity index is 1.81. The van der Waals surface area contributed by atoms with Gasteiger partial charge in [-0.15, -0.1) is 0 Å². The number of nitrogens with one attached hydrogen (secondary N) is 1. The molecule has 0 unspecified atom stereocenters. The van der Waals surface area contributed by atoms with E-state index in [0.717, 1.165) is 17.6 Å². The van der Waals surface area contributed by atoms with E-state index in [1.165, 1.54) is 9.87 Å². The molecule has 7 nitrogen and oxygen atoms in total. The molecule has 1 N–H and O–H groups in total. The van der Waals surface area contributed by atoms with Gasteiger partial charge in [0.1, 0.15) is 18.1 Å². The lowest BCUT2D eigenvalue weighted by Crippen LogP contribution is -2.33. The summed E-state index contributed by atoms with van der Waals surface area (Å²) in [5.41, 5.74) is 2.84. The number of benzene rings is 2. The molecule has 1 amide bonds. The third-order valence-electron chi connectivity index (χ3n) is 4.77. The SMILES string of the molecule is CCOc1ccccc1N(CCCC(=O)NCCOc1ccc(C)c(C)c1)S(C)(=O)=O. The number of sulfonamides is 1. The summed E-state index contributed by atoms with van der Waals surface area (Å²) in [6.07, 6.45) is 1.75. The Hall–Kier alpha value is -2.74. The average Bonchev–Trinajstić information content (AvgIpc) is 2.71. The van der Waals surface area contributed by atoms with Gasteiger partial charge in [-0.05, 0) is 62.6 Å². The Bertz CT molecular complexity index is 976. The van der Waals surface area contributed by atoms with Crippen LogP contribution in [0.3, 0.4) is 0 Å². The molecule has 31 heavy (non-hydrogen) atoms. The lowest BCUT2D eigenvalue weighted by Gasteiger charge is -2.24. The van der Waals surface area contributed by atoms with Gasteiger partial charge in [0.2, 0.25) is 15.9 Å². The molecule has 0 saturated heterocycles. The molecule has 0 aliphatic heterocycles. The molecule has 2 rings (SSSR count). The van der Waals surface area contributed by atoms with Crippen molar-refractivity contribution in [1.82, 2.24) is 5.32 Å². The van der Waals surface area contributed by atoms with Gasteiger partial charge < -0.3 is 14.8 Å². The van der Waals surface area contributed by atoms with Crippen LogP contribution < -0.4 is 19.1 Å². The second kappa shape index (κ2) is 11.6. The predicted molar refractivity (Wildman–Crippen MR) is 123 cm³/mol. The van der Waals surface area contributed by atoms with Crippen molar-refractivity contribution in [2.24, 2.45) is 0 Å². The highest BCUT2D eigenvalue weighted by atomic mass is 32.2. The number of aryl methyl sites for hydroxylation is 2. The van der Waals surface area contributed by atoms with E-state index in [1.54, 1.807) is 24.3 Å². The largest absolute Gasteiger partial charge is 0.492 e. The highest BCUT2D eigenvalue weighted by Gasteiger charge is 2.21. The van der Waals surface area contributed by atoms with Crippen molar-refractivity contribution in [3.05, 3.63) is 53.6 Å². The fourth-order valence-electron chi connectivity index (χ4n) is 3.04. The van der Waals surface area contributed by atoms with Crippen LogP contribution in [0.2, 0.25) is 0 Å². The number of anilines is 1. The van der Waals surface area contributed by atoms with Crippen LogP contribution >= 0.6 is 0 Å². The van der Waals surface area contributed by atoms with Crippen LogP contribution in [-0.2, 0) is 14.8 Å². The second-order valence-electron chi connectivity index (χ2n) is 7.28. The molecule has 8 heteroatoms. The van der Waals surface area contributed by atoms with Gasteiger partial charge in [-0.2, -0.15) is 0 Å². The van der Waals surface area contributed by atoms with E-state index in [0.29, 0.717) is 37.6 Å². The molecule has 0 aliphatic rings. The van der Waals surface area contributed by atoms with Crippen LogP contribution in [0.15, 0.2) is 42.5 Å². The van der Waals surface area contributed by atoms with Crippen LogP contribution in [0.5, 0.6) is 11.5 Å². The van der Waals surface area contributed by atoms with E-state index in [9.17, 15) is 13.2 Å². The molecule has 0 aliphatic carbocycles. The Morgan fingerprint density at radius 2 is 1.81 bits per heavy atom. The van der Waals surface area contributed by atoms with Gasteiger partial charge >= 0.3 is 0 Å². The molecular formula is C23H32N2O5S. The van der Waals surface area contributed by atoms with Crippen molar-refractivity contribution in [2.45, 2.75) is 33.6 Å². The molecule has 170 valence electrons. The van der Waals surface area contributed by atoms with E-state index in [4.69, 9.17) is 9.47 Å². The molecule has 0 fully saturated rings. The molecular weight excluding hydrogens is 416 g/mol. The summed E-state index contributed by atoms with van der Waals surface area (Å²) < 4.78 is 37.1. The number of hydrogen-bond acceptors (Lipinski definition) is 5. The zero-order valence-electron chi connectivity index (χ0n) is 18.7. The Kier molecular flexibility index (Phi) is 9.18. The standard InChI is InChI=1S/C23H32N2O5S/c1-5-29-22-10-7-6-9-21(22)25(31(4,27)28)15-8-11-23(26)24-14-16-30-20-13-12-18(2)19(3)17-20/h6-7,9-10,12-13,17H,5,8,11,14-16H2,1-4H3,(H,24,26). The molecule has 2 aromatic carbocycles. The van der Waals surface area contributed by atoms with E-state index in [1.807, 2.05) is 39.0 Å². The number of hydrogen-bond donors (Lipinski definition) is 1. The monoisotopic (exact) mass is 448 g/mol. The van der Waals surface area contributed by atoms with Gasteiger partial charge in [0.25, 0.3) is 0 Å². The first-order chi connectivity index (χ1) is 14.7. The van der Waals surface area contributed by atoms with Crippen molar-refractivity contribution in [1.29, 1.82) is 0 Å². The first-order valence-electron chi connectivity index (χ1n) is 10.4. The molecule has 2 aromatic rings. The number of para-hydroxylation sites is 2. The van der Waals surface area contributed by atoms with Crippen molar-refractivity contribution >= 4 is 21.6 Å². The number of carbonyl (C=O) groups excluding carboxylic acids is 1. The smallest absolute Gasteiger partial charge is 0.232 e. The van der Waals surface area contributed by atoms with Crippen LogP contribution in [-0.4, -0.2) is 46.9 Å². The molecule has 0 saturated carbocycles. The van der Waals surface area contributed by atoms with E-state index in [-0.39, 0.29) is 18.9 Å². The van der Waals surface area contributed by atoms with Gasteiger partial charge in [0.15, 0.2) is 0 Å². The third kappa shape index (κ3) is 7.79. The molecule has 0 heterocycles. The maximum absolute atomic E-state index is 12.3. The zero-order chi connectivity index (χ0) is 22.9. The van der Waals surface area contributed by atoms with Gasteiger partial charge in [-0.1, -0.05) is 18.2 Å². The molecule has 0 spiro atoms. The number of amides is 1. The first-order valence-corrected chi connectivity index (χ1v) is 12.2. The quantitative estimate of drug-likeness (QED) is 0.503. The summed E-state index contributed by atoms with van der Waals surface area (Å²) in [7, 11) is -3.51. The van der Waals surface area contributed by atoms with E-state index >= 15 is 0 Å². The topological polar surface area (TPSA) is 84.9 Å². The highest BCUT2D eigenvalue weighted by molar-refractivity contribution is 7.92. The highest BCUT2D eigenvalue weighted by Crippen LogP contribution is 2.30. The summed E-state index contributed by atoms with van der Waals surface area (Å²) in [6.45, 7) is 7.28. The number of carbonyl (C=O) groups is 1. The maximum atomic E-state index is 12.3. The van der Waals surface area contributed by atoms with Gasteiger partial charge in [-0.3, -0.25) is 9.10 Å². The number of ether oxygens (including phenoxy) is 2. The van der Waals surface area contributed by atoms with Crippen LogP contribution in [0, 0.1) is 13.8 Å². The van der Waals surface area contributed by atoms with Gasteiger partial charge in [-0.25, -0.2) is 8.42 Å². The molecule has 0 aromatic heterocycles. The fraction of sp³-hybridized carbons (Fsp3) is 0.435. The normalized spacial score (nSPS) is 11.1.